The van der Waals surface area contributed by atoms with Crippen molar-refractivity contribution in [3.63, 3.8) is 0 Å². The molecule has 0 saturated carbocycles. The van der Waals surface area contributed by atoms with Gasteiger partial charge in [0.2, 0.25) is 0 Å². The largest absolute Gasteiger partial charge is 0.508 e. The number of anilines is 2. The Morgan fingerprint density at radius 3 is 2.30 bits per heavy atom. The van der Waals surface area contributed by atoms with Crippen molar-refractivity contribution in [2.24, 2.45) is 15.4 Å². The molecule has 27 heavy (non-hydrogen) atoms. The summed E-state index contributed by atoms with van der Waals surface area (Å²) in [5.74, 6) is 0.137. The van der Waals surface area contributed by atoms with Crippen LogP contribution in [-0.4, -0.2) is 10.0 Å². The quantitative estimate of drug-likeness (QED) is 0.245. The Morgan fingerprint density at radius 1 is 0.889 bits per heavy atom. The molecule has 0 saturated heterocycles. The van der Waals surface area contributed by atoms with Crippen molar-refractivity contribution in [1.29, 1.82) is 0 Å². The minimum Gasteiger partial charge on any atom is -0.508 e. The Hall–Kier alpha value is -4.14. The first-order valence-electron chi connectivity index (χ1n) is 7.75. The molecule has 3 rings (SSSR count). The molecule has 9 nitrogen and oxygen atoms in total. The predicted molar refractivity (Wildman–Crippen MR) is 101 cm³/mol. The van der Waals surface area contributed by atoms with Crippen LogP contribution in [0.2, 0.25) is 0 Å². The Labute approximate surface area is 153 Å². The summed E-state index contributed by atoms with van der Waals surface area (Å²) < 4.78 is 0. The van der Waals surface area contributed by atoms with Gasteiger partial charge in [-0.05, 0) is 59.8 Å². The lowest BCUT2D eigenvalue weighted by Gasteiger charge is -2.07. The first kappa shape index (κ1) is 17.7. The van der Waals surface area contributed by atoms with Crippen LogP contribution in [0.25, 0.3) is 0 Å². The van der Waals surface area contributed by atoms with E-state index < -0.39 is 4.92 Å². The molecule has 0 unspecified atom stereocenters. The van der Waals surface area contributed by atoms with Gasteiger partial charge in [-0.2, -0.15) is 10.2 Å². The van der Waals surface area contributed by atoms with E-state index in [1.54, 1.807) is 36.4 Å². The van der Waals surface area contributed by atoms with E-state index >= 15 is 0 Å². The summed E-state index contributed by atoms with van der Waals surface area (Å²) in [4.78, 5) is 21.2. The highest BCUT2D eigenvalue weighted by molar-refractivity contribution is 5.73. The fraction of sp³-hybridized carbons (Fsp3) is 0. The molecule has 0 heterocycles. The minimum absolute atomic E-state index is 0.0244. The van der Waals surface area contributed by atoms with Crippen molar-refractivity contribution in [2.45, 2.75) is 0 Å². The predicted octanol–water partition coefficient (Wildman–Crippen LogP) is 5.86. The SMILES string of the molecule is O=Nc1ccc(Nc2cccc(N=Nc3ccc(O)cc3)c2)c([N+](=O)[O-])c1. The molecule has 3 aromatic carbocycles. The number of hydrogen-bond donors (Lipinski definition) is 2. The summed E-state index contributed by atoms with van der Waals surface area (Å²) in [6.45, 7) is 0. The Kier molecular flexibility index (Phi) is 5.12. The molecule has 0 bridgehead atoms. The lowest BCUT2D eigenvalue weighted by atomic mass is 10.2. The highest BCUT2D eigenvalue weighted by atomic mass is 16.6. The smallest absolute Gasteiger partial charge is 0.294 e. The third-order valence-corrected chi connectivity index (χ3v) is 3.54. The monoisotopic (exact) mass is 363 g/mol. The maximum atomic E-state index is 11.2. The summed E-state index contributed by atoms with van der Waals surface area (Å²) in [7, 11) is 0. The minimum atomic E-state index is -0.592. The molecule has 0 aromatic heterocycles. The van der Waals surface area contributed by atoms with E-state index in [9.17, 15) is 20.1 Å². The normalized spacial score (nSPS) is 10.7. The second-order valence-corrected chi connectivity index (χ2v) is 5.44. The van der Waals surface area contributed by atoms with E-state index in [1.807, 2.05) is 0 Å². The molecule has 2 N–H and O–H groups in total. The third kappa shape index (κ3) is 4.48. The summed E-state index contributed by atoms with van der Waals surface area (Å²) in [6.07, 6.45) is 0. The van der Waals surface area contributed by atoms with Crippen molar-refractivity contribution >= 4 is 34.1 Å². The standard InChI is InChI=1S/C18H13N5O4/c24-16-7-4-12(5-8-16)20-21-14-3-1-2-13(10-14)19-17-9-6-15(22-25)11-18(17)23(26)27/h1-11,19,24H. The van der Waals surface area contributed by atoms with E-state index in [0.29, 0.717) is 17.1 Å². The molecule has 0 atom stereocenters. The van der Waals surface area contributed by atoms with Crippen LogP contribution >= 0.6 is 0 Å². The molecule has 3 aromatic rings. The first-order valence-corrected chi connectivity index (χ1v) is 7.75. The van der Waals surface area contributed by atoms with Gasteiger partial charge in [-0.15, -0.1) is 4.91 Å². The lowest BCUT2D eigenvalue weighted by molar-refractivity contribution is -0.383. The van der Waals surface area contributed by atoms with Crippen molar-refractivity contribution in [3.05, 3.63) is 81.8 Å². The number of phenolic OH excluding ortho intramolecular Hbond substituents is 1. The average molecular weight is 363 g/mol. The van der Waals surface area contributed by atoms with Crippen LogP contribution in [-0.2, 0) is 0 Å². The number of phenols is 1. The second kappa shape index (κ2) is 7.83. The summed E-state index contributed by atoms with van der Waals surface area (Å²) in [6, 6.07) is 17.0. The van der Waals surface area contributed by atoms with Crippen molar-refractivity contribution in [3.8, 4) is 5.75 Å². The molecule has 0 amide bonds. The van der Waals surface area contributed by atoms with Crippen LogP contribution in [0.3, 0.4) is 0 Å². The maximum Gasteiger partial charge on any atom is 0.294 e. The molecule has 9 heteroatoms. The number of nitroso groups, excluding NO2 is 1. The number of nitrogens with zero attached hydrogens (tertiary/aromatic N) is 4. The van der Waals surface area contributed by atoms with Crippen LogP contribution in [0, 0.1) is 15.0 Å². The van der Waals surface area contributed by atoms with Gasteiger partial charge >= 0.3 is 0 Å². The molecule has 0 aliphatic rings. The first-order chi connectivity index (χ1) is 13.0. The third-order valence-electron chi connectivity index (χ3n) is 3.54. The maximum absolute atomic E-state index is 11.2. The van der Waals surface area contributed by atoms with E-state index in [-0.39, 0.29) is 22.8 Å². The van der Waals surface area contributed by atoms with Gasteiger partial charge in [-0.3, -0.25) is 10.1 Å². The van der Waals surface area contributed by atoms with Crippen molar-refractivity contribution < 1.29 is 10.0 Å². The average Bonchev–Trinajstić information content (AvgIpc) is 2.68. The summed E-state index contributed by atoms with van der Waals surface area (Å²) in [5.41, 5.74) is 1.60. The molecule has 0 aliphatic carbocycles. The topological polar surface area (TPSA) is 130 Å². The van der Waals surface area contributed by atoms with Gasteiger partial charge in [0.25, 0.3) is 5.69 Å². The summed E-state index contributed by atoms with van der Waals surface area (Å²) in [5, 5.41) is 34.3. The van der Waals surface area contributed by atoms with E-state index in [1.165, 1.54) is 24.3 Å². The van der Waals surface area contributed by atoms with E-state index in [0.717, 1.165) is 6.07 Å². The van der Waals surface area contributed by atoms with Gasteiger partial charge in [0.15, 0.2) is 0 Å². The van der Waals surface area contributed by atoms with Gasteiger partial charge in [0.1, 0.15) is 17.1 Å². The van der Waals surface area contributed by atoms with Gasteiger partial charge < -0.3 is 10.4 Å². The number of nitro groups is 1. The highest BCUT2D eigenvalue weighted by Crippen LogP contribution is 2.32. The number of aromatic hydroxyl groups is 1. The fourth-order valence-electron chi connectivity index (χ4n) is 2.27. The lowest BCUT2D eigenvalue weighted by Crippen LogP contribution is -1.96. The molecule has 0 aliphatic heterocycles. The zero-order valence-corrected chi connectivity index (χ0v) is 13.8. The zero-order valence-electron chi connectivity index (χ0n) is 13.8. The van der Waals surface area contributed by atoms with Crippen LogP contribution in [0.5, 0.6) is 5.75 Å². The Bertz CT molecular complexity index is 1020. The second-order valence-electron chi connectivity index (χ2n) is 5.44. The number of azo groups is 1. The molecule has 0 spiro atoms. The number of hydrogen-bond acceptors (Lipinski definition) is 8. The Morgan fingerprint density at radius 2 is 1.59 bits per heavy atom. The van der Waals surface area contributed by atoms with Gasteiger partial charge in [-0.1, -0.05) is 6.07 Å². The highest BCUT2D eigenvalue weighted by Gasteiger charge is 2.15. The van der Waals surface area contributed by atoms with Crippen LogP contribution in [0.1, 0.15) is 0 Å². The number of nitrogens with one attached hydrogen (secondary N) is 1. The van der Waals surface area contributed by atoms with E-state index in [2.05, 4.69) is 20.7 Å². The molecule has 134 valence electrons. The molecular formula is C18H13N5O4. The molecule has 0 radical (unpaired) electrons. The van der Waals surface area contributed by atoms with Gasteiger partial charge in [0.05, 0.1) is 16.3 Å². The van der Waals surface area contributed by atoms with Crippen LogP contribution < -0.4 is 5.32 Å². The van der Waals surface area contributed by atoms with Gasteiger partial charge in [0, 0.05) is 11.8 Å². The number of benzene rings is 3. The van der Waals surface area contributed by atoms with Crippen LogP contribution in [0.15, 0.2) is 82.1 Å². The van der Waals surface area contributed by atoms with Crippen molar-refractivity contribution in [1.82, 2.24) is 0 Å². The summed E-state index contributed by atoms with van der Waals surface area (Å²) >= 11 is 0. The van der Waals surface area contributed by atoms with E-state index in [4.69, 9.17) is 0 Å². The van der Waals surface area contributed by atoms with Crippen molar-refractivity contribution in [2.75, 3.05) is 5.32 Å². The van der Waals surface area contributed by atoms with Gasteiger partial charge in [-0.25, -0.2) is 0 Å². The van der Waals surface area contributed by atoms with Crippen LogP contribution in [0.4, 0.5) is 34.1 Å². The number of rotatable bonds is 6. The fourth-order valence-corrected chi connectivity index (χ4v) is 2.27. The number of nitro benzene ring substituents is 1. The zero-order chi connectivity index (χ0) is 19.2. The molecule has 0 fully saturated rings. The Balaban J connectivity index is 1.83. The molecular weight excluding hydrogens is 350 g/mol.